The first-order valence-corrected chi connectivity index (χ1v) is 4.50. The summed E-state index contributed by atoms with van der Waals surface area (Å²) in [5, 5.41) is 9.19. The van der Waals surface area contributed by atoms with E-state index in [9.17, 15) is 5.11 Å². The van der Waals surface area contributed by atoms with Gasteiger partial charge in [0.05, 0.1) is 0 Å². The monoisotopic (exact) mass is 214 g/mol. The summed E-state index contributed by atoms with van der Waals surface area (Å²) in [7, 11) is 0. The van der Waals surface area contributed by atoms with E-state index >= 15 is 0 Å². The van der Waals surface area contributed by atoms with Crippen molar-refractivity contribution in [1.29, 1.82) is 0 Å². The average molecular weight is 215 g/mol. The van der Waals surface area contributed by atoms with Crippen LogP contribution in [0.2, 0.25) is 0 Å². The van der Waals surface area contributed by atoms with Gasteiger partial charge in [0.15, 0.2) is 0 Å². The predicted octanol–water partition coefficient (Wildman–Crippen LogP) is 3.11. The van der Waals surface area contributed by atoms with Crippen LogP contribution < -0.4 is 0 Å². The normalized spacial score (nSPS) is 10.0. The summed E-state index contributed by atoms with van der Waals surface area (Å²) >= 11 is 3.32. The molecule has 0 saturated carbocycles. The molecule has 0 unspecified atom stereocenters. The van der Waals surface area contributed by atoms with Crippen LogP contribution in [0.5, 0.6) is 5.75 Å². The maximum atomic E-state index is 9.19. The molecule has 11 heavy (non-hydrogen) atoms. The van der Waals surface area contributed by atoms with Crippen molar-refractivity contribution in [1.82, 2.24) is 0 Å². The molecular formula is C9H11BrO. The largest absolute Gasteiger partial charge is 0.508 e. The van der Waals surface area contributed by atoms with Crippen LogP contribution in [0.15, 0.2) is 22.7 Å². The Morgan fingerprint density at radius 2 is 2.09 bits per heavy atom. The molecule has 1 N–H and O–H groups in total. The van der Waals surface area contributed by atoms with Gasteiger partial charge in [0.1, 0.15) is 5.75 Å². The summed E-state index contributed by atoms with van der Waals surface area (Å²) in [4.78, 5) is 0. The van der Waals surface area contributed by atoms with Gasteiger partial charge >= 0.3 is 0 Å². The molecule has 1 rings (SSSR count). The molecule has 1 aromatic carbocycles. The van der Waals surface area contributed by atoms with Crippen molar-refractivity contribution in [3.8, 4) is 5.75 Å². The van der Waals surface area contributed by atoms with Gasteiger partial charge in [-0.3, -0.25) is 0 Å². The van der Waals surface area contributed by atoms with Crippen LogP contribution in [0, 0.1) is 0 Å². The number of phenolic OH excluding ortho intramolecular Hbond substituents is 1. The van der Waals surface area contributed by atoms with E-state index in [1.165, 1.54) is 5.56 Å². The maximum absolute atomic E-state index is 9.19. The molecule has 0 fully saturated rings. The van der Waals surface area contributed by atoms with Crippen molar-refractivity contribution in [2.45, 2.75) is 19.8 Å². The lowest BCUT2D eigenvalue weighted by molar-refractivity contribution is 0.474. The summed E-state index contributed by atoms with van der Waals surface area (Å²) in [5.74, 6) is 0.336. The van der Waals surface area contributed by atoms with E-state index in [2.05, 4.69) is 22.9 Å². The van der Waals surface area contributed by atoms with Crippen LogP contribution in [-0.2, 0) is 6.42 Å². The van der Waals surface area contributed by atoms with Gasteiger partial charge in [-0.25, -0.2) is 0 Å². The lowest BCUT2D eigenvalue weighted by atomic mass is 10.1. The number of aryl methyl sites for hydroxylation is 1. The highest BCUT2D eigenvalue weighted by molar-refractivity contribution is 9.10. The van der Waals surface area contributed by atoms with Crippen LogP contribution in [0.4, 0.5) is 0 Å². The van der Waals surface area contributed by atoms with Gasteiger partial charge in [0, 0.05) is 4.47 Å². The smallest absolute Gasteiger partial charge is 0.116 e. The Morgan fingerprint density at radius 1 is 1.36 bits per heavy atom. The van der Waals surface area contributed by atoms with Crippen LogP contribution in [-0.4, -0.2) is 5.11 Å². The average Bonchev–Trinajstić information content (AvgIpc) is 1.85. The van der Waals surface area contributed by atoms with Crippen LogP contribution in [0.1, 0.15) is 18.9 Å². The second kappa shape index (κ2) is 3.77. The molecular weight excluding hydrogens is 204 g/mol. The van der Waals surface area contributed by atoms with E-state index in [1.54, 1.807) is 12.1 Å². The minimum absolute atomic E-state index is 0.336. The van der Waals surface area contributed by atoms with Gasteiger partial charge < -0.3 is 5.11 Å². The van der Waals surface area contributed by atoms with Crippen molar-refractivity contribution < 1.29 is 5.11 Å². The molecule has 0 aliphatic heterocycles. The first-order valence-electron chi connectivity index (χ1n) is 3.71. The Balaban J connectivity index is 2.89. The third-order valence-electron chi connectivity index (χ3n) is 1.48. The second-order valence-corrected chi connectivity index (χ2v) is 3.48. The Bertz CT molecular complexity index is 225. The van der Waals surface area contributed by atoms with Crippen LogP contribution in [0.25, 0.3) is 0 Å². The number of hydrogen-bond acceptors (Lipinski definition) is 1. The quantitative estimate of drug-likeness (QED) is 0.803. The topological polar surface area (TPSA) is 20.2 Å². The number of halogens is 1. The van der Waals surface area contributed by atoms with Gasteiger partial charge in [0.25, 0.3) is 0 Å². The molecule has 0 saturated heterocycles. The standard InChI is InChI=1S/C9H11BrO/c1-2-3-7-4-8(10)6-9(11)5-7/h4-6,11H,2-3H2,1H3. The van der Waals surface area contributed by atoms with E-state index < -0.39 is 0 Å². The minimum atomic E-state index is 0.336. The fraction of sp³-hybridized carbons (Fsp3) is 0.333. The zero-order valence-corrected chi connectivity index (χ0v) is 8.06. The molecule has 1 aromatic rings. The van der Waals surface area contributed by atoms with E-state index in [1.807, 2.05) is 6.07 Å². The molecule has 0 radical (unpaired) electrons. The number of aromatic hydroxyl groups is 1. The molecule has 0 atom stereocenters. The van der Waals surface area contributed by atoms with Crippen molar-refractivity contribution >= 4 is 15.9 Å². The van der Waals surface area contributed by atoms with Crippen molar-refractivity contribution in [2.75, 3.05) is 0 Å². The first kappa shape index (κ1) is 8.60. The molecule has 60 valence electrons. The fourth-order valence-corrected chi connectivity index (χ4v) is 1.59. The maximum Gasteiger partial charge on any atom is 0.116 e. The SMILES string of the molecule is CCCc1cc(O)cc(Br)c1. The highest BCUT2D eigenvalue weighted by Gasteiger charge is 1.96. The molecule has 2 heteroatoms. The van der Waals surface area contributed by atoms with E-state index in [4.69, 9.17) is 0 Å². The summed E-state index contributed by atoms with van der Waals surface area (Å²) in [5.41, 5.74) is 1.18. The molecule has 0 aliphatic rings. The molecule has 0 aliphatic carbocycles. The highest BCUT2D eigenvalue weighted by Crippen LogP contribution is 2.20. The third-order valence-corrected chi connectivity index (χ3v) is 1.94. The summed E-state index contributed by atoms with van der Waals surface area (Å²) in [6.45, 7) is 2.12. The van der Waals surface area contributed by atoms with Crippen molar-refractivity contribution in [2.24, 2.45) is 0 Å². The zero-order valence-electron chi connectivity index (χ0n) is 6.47. The van der Waals surface area contributed by atoms with Crippen molar-refractivity contribution in [3.63, 3.8) is 0 Å². The van der Waals surface area contributed by atoms with E-state index in [0.29, 0.717) is 5.75 Å². The zero-order chi connectivity index (χ0) is 8.27. The van der Waals surface area contributed by atoms with Gasteiger partial charge in [-0.2, -0.15) is 0 Å². The Hall–Kier alpha value is -0.500. The van der Waals surface area contributed by atoms with Crippen LogP contribution >= 0.6 is 15.9 Å². The van der Waals surface area contributed by atoms with Crippen molar-refractivity contribution in [3.05, 3.63) is 28.2 Å². The van der Waals surface area contributed by atoms with Gasteiger partial charge in [0.2, 0.25) is 0 Å². The lowest BCUT2D eigenvalue weighted by Gasteiger charge is -2.00. The third kappa shape index (κ3) is 2.54. The Kier molecular flexibility index (Phi) is 2.94. The van der Waals surface area contributed by atoms with E-state index in [-0.39, 0.29) is 0 Å². The minimum Gasteiger partial charge on any atom is -0.508 e. The Labute approximate surface area is 75.2 Å². The number of benzene rings is 1. The number of rotatable bonds is 2. The Morgan fingerprint density at radius 3 is 2.64 bits per heavy atom. The van der Waals surface area contributed by atoms with Gasteiger partial charge in [-0.1, -0.05) is 29.3 Å². The molecule has 0 aromatic heterocycles. The molecule has 0 amide bonds. The fourth-order valence-electron chi connectivity index (χ4n) is 1.07. The van der Waals surface area contributed by atoms with E-state index in [0.717, 1.165) is 17.3 Å². The predicted molar refractivity (Wildman–Crippen MR) is 49.8 cm³/mol. The summed E-state index contributed by atoms with van der Waals surface area (Å²) < 4.78 is 0.945. The summed E-state index contributed by atoms with van der Waals surface area (Å²) in [6.07, 6.45) is 2.13. The summed E-state index contributed by atoms with van der Waals surface area (Å²) in [6, 6.07) is 5.52. The lowest BCUT2D eigenvalue weighted by Crippen LogP contribution is -1.81. The molecule has 0 spiro atoms. The second-order valence-electron chi connectivity index (χ2n) is 2.57. The van der Waals surface area contributed by atoms with Gasteiger partial charge in [-0.05, 0) is 30.2 Å². The molecule has 1 nitrogen and oxygen atoms in total. The van der Waals surface area contributed by atoms with Gasteiger partial charge in [-0.15, -0.1) is 0 Å². The molecule has 0 heterocycles. The highest BCUT2D eigenvalue weighted by atomic mass is 79.9. The number of phenols is 1. The first-order chi connectivity index (χ1) is 5.22. The molecule has 0 bridgehead atoms. The van der Waals surface area contributed by atoms with Crippen LogP contribution in [0.3, 0.4) is 0 Å². The number of hydrogen-bond donors (Lipinski definition) is 1.